The number of piperidine rings is 1. The molecule has 2 aromatic rings. The van der Waals surface area contributed by atoms with Crippen LogP contribution in [0, 0.1) is 17.6 Å². The van der Waals surface area contributed by atoms with Gasteiger partial charge in [0.1, 0.15) is 17.6 Å². The highest BCUT2D eigenvalue weighted by Crippen LogP contribution is 2.37. The molecule has 7 nitrogen and oxygen atoms in total. The minimum absolute atomic E-state index is 0.0714. The van der Waals surface area contributed by atoms with Gasteiger partial charge in [0.05, 0.1) is 30.9 Å². The molecule has 2 aliphatic heterocycles. The molecule has 2 heterocycles. The van der Waals surface area contributed by atoms with Crippen molar-refractivity contribution in [2.45, 2.75) is 38.1 Å². The fourth-order valence-electron chi connectivity index (χ4n) is 4.67. The molecule has 38 heavy (non-hydrogen) atoms. The number of nitrogens with zero attached hydrogens (tertiary/aromatic N) is 3. The van der Waals surface area contributed by atoms with E-state index in [1.54, 1.807) is 17.0 Å². The number of halogens is 5. The Kier molecular flexibility index (Phi) is 7.52. The van der Waals surface area contributed by atoms with E-state index in [0.29, 0.717) is 25.3 Å². The van der Waals surface area contributed by atoms with Crippen molar-refractivity contribution in [3.63, 3.8) is 0 Å². The molecule has 4 rings (SSSR count). The molecule has 0 spiro atoms. The van der Waals surface area contributed by atoms with Crippen LogP contribution in [-0.2, 0) is 4.79 Å². The van der Waals surface area contributed by atoms with E-state index in [9.17, 15) is 31.9 Å². The lowest BCUT2D eigenvalue weighted by molar-refractivity contribution is -0.137. The number of carboxylic acid groups (broad SMARTS) is 1. The summed E-state index contributed by atoms with van der Waals surface area (Å²) >= 11 is 0. The number of hydrogen-bond acceptors (Lipinski definition) is 6. The molecule has 0 bridgehead atoms. The van der Waals surface area contributed by atoms with Crippen molar-refractivity contribution in [1.29, 1.82) is 0 Å². The molecular formula is C26H26F5N3O4. The Morgan fingerprint density at radius 1 is 1.18 bits per heavy atom. The molecule has 3 atom stereocenters. The summed E-state index contributed by atoms with van der Waals surface area (Å²) in [7, 11) is 1.37. The number of methoxy groups -OCH3 is 1. The van der Waals surface area contributed by atoms with Crippen LogP contribution in [0.4, 0.5) is 33.3 Å². The van der Waals surface area contributed by atoms with Crippen LogP contribution >= 0.6 is 0 Å². The third-order valence-electron chi connectivity index (χ3n) is 6.62. The molecule has 1 N–H and O–H groups in total. The second-order valence-electron chi connectivity index (χ2n) is 9.23. The quantitative estimate of drug-likeness (QED) is 0.475. The van der Waals surface area contributed by atoms with Gasteiger partial charge in [-0.25, -0.2) is 8.78 Å². The van der Waals surface area contributed by atoms with Gasteiger partial charge < -0.3 is 19.5 Å². The van der Waals surface area contributed by atoms with Crippen LogP contribution in [0.3, 0.4) is 0 Å². The van der Waals surface area contributed by atoms with E-state index in [4.69, 9.17) is 9.47 Å². The van der Waals surface area contributed by atoms with Gasteiger partial charge in [0.25, 0.3) is 0 Å². The molecule has 2 aromatic carbocycles. The molecular weight excluding hydrogens is 513 g/mol. The topological polar surface area (TPSA) is 74.6 Å². The van der Waals surface area contributed by atoms with Gasteiger partial charge in [-0.05, 0) is 24.3 Å². The van der Waals surface area contributed by atoms with Crippen LogP contribution < -0.4 is 19.4 Å². The zero-order valence-corrected chi connectivity index (χ0v) is 20.6. The number of ether oxygens (including phenoxy) is 2. The molecule has 0 saturated carbocycles. The summed E-state index contributed by atoms with van der Waals surface area (Å²) in [6.45, 7) is 6.14. The molecule has 0 amide bonds. The van der Waals surface area contributed by atoms with E-state index in [1.165, 1.54) is 25.3 Å². The molecule has 0 aromatic heterocycles. The maximum Gasteiger partial charge on any atom is 0.435 e. The fourth-order valence-corrected chi connectivity index (χ4v) is 4.67. The van der Waals surface area contributed by atoms with Crippen molar-refractivity contribution >= 4 is 23.1 Å². The summed E-state index contributed by atoms with van der Waals surface area (Å²) in [5, 5.41) is 13.8. The van der Waals surface area contributed by atoms with Gasteiger partial charge >= 0.3 is 12.1 Å². The van der Waals surface area contributed by atoms with Crippen molar-refractivity contribution in [1.82, 2.24) is 0 Å². The summed E-state index contributed by atoms with van der Waals surface area (Å²) in [4.78, 5) is 13.0. The first-order chi connectivity index (χ1) is 17.9. The van der Waals surface area contributed by atoms with E-state index < -0.39 is 47.5 Å². The second-order valence-corrected chi connectivity index (χ2v) is 9.23. The van der Waals surface area contributed by atoms with Crippen LogP contribution in [0.25, 0.3) is 0 Å². The Hall–Kier alpha value is -3.83. The number of rotatable bonds is 7. The highest BCUT2D eigenvalue weighted by molar-refractivity contribution is 6.08. The van der Waals surface area contributed by atoms with Crippen LogP contribution in [0.1, 0.15) is 19.8 Å². The lowest BCUT2D eigenvalue weighted by atomic mass is 9.95. The third kappa shape index (κ3) is 5.53. The Bertz CT molecular complexity index is 1250. The van der Waals surface area contributed by atoms with Gasteiger partial charge in [0.2, 0.25) is 0 Å². The largest absolute Gasteiger partial charge is 0.497 e. The van der Waals surface area contributed by atoms with Crippen LogP contribution in [-0.4, -0.2) is 55.3 Å². The minimum atomic E-state index is -4.77. The Morgan fingerprint density at radius 2 is 1.87 bits per heavy atom. The van der Waals surface area contributed by atoms with Crippen LogP contribution in [0.2, 0.25) is 0 Å². The van der Waals surface area contributed by atoms with Gasteiger partial charge in [0.15, 0.2) is 17.3 Å². The van der Waals surface area contributed by atoms with Crippen LogP contribution in [0.15, 0.2) is 53.7 Å². The summed E-state index contributed by atoms with van der Waals surface area (Å²) in [6, 6.07) is 7.37. The van der Waals surface area contributed by atoms with Gasteiger partial charge in [-0.3, -0.25) is 9.80 Å². The minimum Gasteiger partial charge on any atom is -0.497 e. The number of carbonyl (C=O) groups is 1. The average Bonchev–Trinajstić information content (AvgIpc) is 3.18. The van der Waals surface area contributed by atoms with Crippen LogP contribution in [0.5, 0.6) is 11.5 Å². The summed E-state index contributed by atoms with van der Waals surface area (Å²) in [6.07, 6.45) is -5.12. The van der Waals surface area contributed by atoms with E-state index in [2.05, 4.69) is 11.7 Å². The smallest absolute Gasteiger partial charge is 0.435 e. The van der Waals surface area contributed by atoms with E-state index in [1.807, 2.05) is 6.92 Å². The molecule has 0 radical (unpaired) electrons. The van der Waals surface area contributed by atoms with E-state index in [-0.39, 0.29) is 29.1 Å². The maximum atomic E-state index is 14.4. The predicted octanol–water partition coefficient (Wildman–Crippen LogP) is 5.41. The van der Waals surface area contributed by atoms with Crippen molar-refractivity contribution < 1.29 is 41.3 Å². The van der Waals surface area contributed by atoms with Gasteiger partial charge in [-0.2, -0.15) is 18.3 Å². The molecule has 12 heteroatoms. The van der Waals surface area contributed by atoms with Crippen molar-refractivity contribution in [2.24, 2.45) is 11.0 Å². The molecule has 1 saturated heterocycles. The molecule has 0 aliphatic carbocycles. The first-order valence-electron chi connectivity index (χ1n) is 11.8. The number of aliphatic carboxylic acids is 1. The molecule has 2 unspecified atom stereocenters. The lowest BCUT2D eigenvalue weighted by Gasteiger charge is -2.38. The molecule has 1 fully saturated rings. The summed E-state index contributed by atoms with van der Waals surface area (Å²) in [5.74, 6) is -2.64. The normalized spacial score (nSPS) is 21.9. The lowest BCUT2D eigenvalue weighted by Crippen LogP contribution is -2.44. The van der Waals surface area contributed by atoms with Crippen molar-refractivity contribution in [2.75, 3.05) is 30.1 Å². The number of anilines is 2. The zero-order chi connectivity index (χ0) is 27.8. The van der Waals surface area contributed by atoms with Gasteiger partial charge in [0, 0.05) is 43.1 Å². The number of hydrazone groups is 1. The van der Waals surface area contributed by atoms with Crippen molar-refractivity contribution in [3.05, 3.63) is 60.2 Å². The Labute approximate surface area is 215 Å². The summed E-state index contributed by atoms with van der Waals surface area (Å²) in [5.41, 5.74) is -1.26. The zero-order valence-electron chi connectivity index (χ0n) is 20.6. The summed E-state index contributed by atoms with van der Waals surface area (Å²) < 4.78 is 79.6. The van der Waals surface area contributed by atoms with Crippen molar-refractivity contribution in [3.8, 4) is 11.5 Å². The first kappa shape index (κ1) is 27.2. The van der Waals surface area contributed by atoms with E-state index >= 15 is 0 Å². The van der Waals surface area contributed by atoms with E-state index in [0.717, 1.165) is 11.1 Å². The highest BCUT2D eigenvalue weighted by Gasteiger charge is 2.46. The monoisotopic (exact) mass is 539 g/mol. The number of carboxylic acids is 1. The number of alkyl halides is 3. The fraction of sp³-hybridized carbons (Fsp3) is 0.385. The maximum absolute atomic E-state index is 14.4. The highest BCUT2D eigenvalue weighted by atomic mass is 19.4. The van der Waals surface area contributed by atoms with Gasteiger partial charge in [-0.15, -0.1) is 0 Å². The standard InChI is InChI=1S/C26H26F5N3O4/c1-14-13-33(21-11-18(37-3)10-19(27)24(21)28)9-8-22(14)38-17-6-4-16(5-7-17)34-20(12-23(35)36)15(2)25(32-34)26(29,30)31/h4-7,10-11,14,20,22H,2,8-9,12-13H2,1,3H3,(H,35,36)/t14?,20-,22?/m0/s1. The second kappa shape index (κ2) is 10.5. The Balaban J connectivity index is 1.46. The predicted molar refractivity (Wildman–Crippen MR) is 131 cm³/mol. The SMILES string of the molecule is C=C1C(C(F)(F)F)=NN(c2ccc(OC3CCN(c4cc(OC)cc(F)c4F)CC3C)cc2)[C@H]1CC(=O)O. The first-order valence-corrected chi connectivity index (χ1v) is 11.8. The third-order valence-corrected chi connectivity index (χ3v) is 6.62. The van der Waals surface area contributed by atoms with Gasteiger partial charge in [-0.1, -0.05) is 13.5 Å². The Morgan fingerprint density at radius 3 is 2.45 bits per heavy atom. The number of hydrogen-bond donors (Lipinski definition) is 1. The number of benzene rings is 2. The average molecular weight is 540 g/mol. The molecule has 2 aliphatic rings. The molecule has 204 valence electrons.